The van der Waals surface area contributed by atoms with Crippen LogP contribution < -0.4 is 5.32 Å². The standard InChI is InChI=1S/C12H22N4O2S/c1-5-7-13-12(3,10(17)18-6-2)8-19-11-15-14-9-16(11)4/h9,13H,5-8H2,1-4H3. The molecule has 19 heavy (non-hydrogen) atoms. The molecule has 0 saturated carbocycles. The lowest BCUT2D eigenvalue weighted by molar-refractivity contribution is -0.149. The Bertz CT molecular complexity index is 410. The summed E-state index contributed by atoms with van der Waals surface area (Å²) < 4.78 is 6.98. The van der Waals surface area contributed by atoms with E-state index in [0.29, 0.717) is 12.4 Å². The summed E-state index contributed by atoms with van der Waals surface area (Å²) >= 11 is 1.49. The van der Waals surface area contributed by atoms with Gasteiger partial charge in [-0.1, -0.05) is 18.7 Å². The van der Waals surface area contributed by atoms with Gasteiger partial charge in [0.05, 0.1) is 6.61 Å². The third-order valence-electron chi connectivity index (χ3n) is 2.65. The number of thioether (sulfide) groups is 1. The van der Waals surface area contributed by atoms with Crippen molar-refractivity contribution in [3.8, 4) is 0 Å². The summed E-state index contributed by atoms with van der Waals surface area (Å²) in [5, 5.41) is 11.9. The smallest absolute Gasteiger partial charge is 0.326 e. The van der Waals surface area contributed by atoms with Crippen LogP contribution in [0.3, 0.4) is 0 Å². The molecule has 1 aromatic heterocycles. The van der Waals surface area contributed by atoms with Gasteiger partial charge in [-0.3, -0.25) is 4.79 Å². The predicted octanol–water partition coefficient (Wildman–Crippen LogP) is 1.23. The number of nitrogens with one attached hydrogen (secondary N) is 1. The van der Waals surface area contributed by atoms with E-state index in [-0.39, 0.29) is 5.97 Å². The lowest BCUT2D eigenvalue weighted by Crippen LogP contribution is -2.53. The molecule has 0 aliphatic heterocycles. The Labute approximate surface area is 118 Å². The van der Waals surface area contributed by atoms with Crippen LogP contribution in [-0.4, -0.2) is 45.2 Å². The molecule has 1 heterocycles. The third kappa shape index (κ3) is 4.50. The Balaban J connectivity index is 2.68. The Morgan fingerprint density at radius 3 is 2.84 bits per heavy atom. The molecule has 6 nitrogen and oxygen atoms in total. The number of hydrogen-bond donors (Lipinski definition) is 1. The molecule has 0 aliphatic rings. The molecular weight excluding hydrogens is 264 g/mol. The van der Waals surface area contributed by atoms with Gasteiger partial charge < -0.3 is 14.6 Å². The van der Waals surface area contributed by atoms with E-state index >= 15 is 0 Å². The monoisotopic (exact) mass is 286 g/mol. The molecule has 7 heteroatoms. The van der Waals surface area contributed by atoms with Crippen LogP contribution in [0.1, 0.15) is 27.2 Å². The first kappa shape index (κ1) is 16.0. The number of aromatic nitrogens is 3. The third-order valence-corrected chi connectivity index (χ3v) is 4.00. The quantitative estimate of drug-likeness (QED) is 0.572. The number of nitrogens with zero attached hydrogens (tertiary/aromatic N) is 3. The average molecular weight is 286 g/mol. The highest BCUT2D eigenvalue weighted by Crippen LogP contribution is 2.21. The van der Waals surface area contributed by atoms with E-state index in [2.05, 4.69) is 22.4 Å². The van der Waals surface area contributed by atoms with Gasteiger partial charge in [-0.25, -0.2) is 0 Å². The summed E-state index contributed by atoms with van der Waals surface area (Å²) in [4.78, 5) is 12.1. The Morgan fingerprint density at radius 2 is 2.32 bits per heavy atom. The molecule has 0 bridgehead atoms. The molecule has 0 aromatic carbocycles. The van der Waals surface area contributed by atoms with Crippen molar-refractivity contribution in [2.75, 3.05) is 18.9 Å². The number of carbonyl (C=O) groups excluding carboxylic acids is 1. The highest BCUT2D eigenvalue weighted by molar-refractivity contribution is 7.99. The number of hydrogen-bond acceptors (Lipinski definition) is 6. The largest absolute Gasteiger partial charge is 0.465 e. The summed E-state index contributed by atoms with van der Waals surface area (Å²) in [5.41, 5.74) is -0.706. The SMILES string of the molecule is CCCNC(C)(CSc1nncn1C)C(=O)OCC. The maximum Gasteiger partial charge on any atom is 0.326 e. The van der Waals surface area contributed by atoms with E-state index in [0.717, 1.165) is 18.1 Å². The van der Waals surface area contributed by atoms with Crippen molar-refractivity contribution in [1.82, 2.24) is 20.1 Å². The molecule has 1 unspecified atom stereocenters. The van der Waals surface area contributed by atoms with Gasteiger partial charge in [0.2, 0.25) is 0 Å². The molecule has 1 rings (SSSR count). The number of ether oxygens (including phenoxy) is 1. The molecule has 108 valence electrons. The first-order valence-corrected chi connectivity index (χ1v) is 7.41. The Morgan fingerprint density at radius 1 is 1.58 bits per heavy atom. The zero-order chi connectivity index (χ0) is 14.3. The summed E-state index contributed by atoms with van der Waals surface area (Å²) in [6.07, 6.45) is 2.60. The van der Waals surface area contributed by atoms with Crippen molar-refractivity contribution in [1.29, 1.82) is 0 Å². The van der Waals surface area contributed by atoms with Crippen LogP contribution in [0.5, 0.6) is 0 Å². The number of esters is 1. The van der Waals surface area contributed by atoms with Crippen LogP contribution in [0, 0.1) is 0 Å². The zero-order valence-corrected chi connectivity index (χ0v) is 12.8. The lowest BCUT2D eigenvalue weighted by Gasteiger charge is -2.27. The number of rotatable bonds is 8. The van der Waals surface area contributed by atoms with Crippen molar-refractivity contribution in [3.63, 3.8) is 0 Å². The van der Waals surface area contributed by atoms with E-state index in [1.807, 2.05) is 25.5 Å². The van der Waals surface area contributed by atoms with Crippen molar-refractivity contribution in [2.24, 2.45) is 7.05 Å². The molecule has 1 atom stereocenters. The highest BCUT2D eigenvalue weighted by Gasteiger charge is 2.34. The first-order chi connectivity index (χ1) is 9.03. The predicted molar refractivity (Wildman–Crippen MR) is 75.1 cm³/mol. The van der Waals surface area contributed by atoms with Gasteiger partial charge in [-0.15, -0.1) is 10.2 Å². The minimum absolute atomic E-state index is 0.224. The Kier molecular flexibility index (Phi) is 6.30. The van der Waals surface area contributed by atoms with Gasteiger partial charge in [0, 0.05) is 12.8 Å². The normalized spacial score (nSPS) is 14.1. The first-order valence-electron chi connectivity index (χ1n) is 6.42. The number of carbonyl (C=O) groups is 1. The highest BCUT2D eigenvalue weighted by atomic mass is 32.2. The fourth-order valence-corrected chi connectivity index (χ4v) is 2.48. The molecule has 0 spiro atoms. The fourth-order valence-electron chi connectivity index (χ4n) is 1.49. The van der Waals surface area contributed by atoms with Gasteiger partial charge in [0.1, 0.15) is 11.9 Å². The summed E-state index contributed by atoms with van der Waals surface area (Å²) in [5.74, 6) is 0.330. The molecule has 0 amide bonds. The van der Waals surface area contributed by atoms with Gasteiger partial charge in [0.25, 0.3) is 0 Å². The molecule has 0 aliphatic carbocycles. The maximum atomic E-state index is 12.1. The summed E-state index contributed by atoms with van der Waals surface area (Å²) in [6.45, 7) is 6.90. The summed E-state index contributed by atoms with van der Waals surface area (Å²) in [7, 11) is 1.88. The average Bonchev–Trinajstić information content (AvgIpc) is 2.80. The van der Waals surface area contributed by atoms with Crippen LogP contribution in [0.2, 0.25) is 0 Å². The van der Waals surface area contributed by atoms with Gasteiger partial charge in [-0.2, -0.15) is 0 Å². The van der Waals surface area contributed by atoms with Gasteiger partial charge >= 0.3 is 5.97 Å². The Hall–Kier alpha value is -1.08. The second-order valence-corrected chi connectivity index (χ2v) is 5.43. The van der Waals surface area contributed by atoms with Gasteiger partial charge in [0.15, 0.2) is 5.16 Å². The minimum Gasteiger partial charge on any atom is -0.465 e. The van der Waals surface area contributed by atoms with E-state index in [9.17, 15) is 4.79 Å². The number of aryl methyl sites for hydroxylation is 1. The molecule has 0 saturated heterocycles. The molecule has 0 radical (unpaired) electrons. The molecule has 1 aromatic rings. The second kappa shape index (κ2) is 7.49. The zero-order valence-electron chi connectivity index (χ0n) is 12.0. The van der Waals surface area contributed by atoms with Crippen molar-refractivity contribution in [2.45, 2.75) is 37.9 Å². The van der Waals surface area contributed by atoms with Crippen molar-refractivity contribution >= 4 is 17.7 Å². The van der Waals surface area contributed by atoms with E-state index in [4.69, 9.17) is 4.74 Å². The van der Waals surface area contributed by atoms with Crippen LogP contribution in [0.4, 0.5) is 0 Å². The van der Waals surface area contributed by atoms with Crippen molar-refractivity contribution in [3.05, 3.63) is 6.33 Å². The van der Waals surface area contributed by atoms with Crippen LogP contribution in [0.25, 0.3) is 0 Å². The van der Waals surface area contributed by atoms with E-state index in [1.54, 1.807) is 6.33 Å². The summed E-state index contributed by atoms with van der Waals surface area (Å²) in [6, 6.07) is 0. The van der Waals surface area contributed by atoms with Crippen LogP contribution >= 0.6 is 11.8 Å². The molecular formula is C12H22N4O2S. The van der Waals surface area contributed by atoms with Crippen LogP contribution in [0.15, 0.2) is 11.5 Å². The van der Waals surface area contributed by atoms with Gasteiger partial charge in [-0.05, 0) is 26.8 Å². The molecule has 0 fully saturated rings. The molecule has 1 N–H and O–H groups in total. The van der Waals surface area contributed by atoms with Crippen LogP contribution in [-0.2, 0) is 16.6 Å². The minimum atomic E-state index is -0.706. The lowest BCUT2D eigenvalue weighted by atomic mass is 10.1. The second-order valence-electron chi connectivity index (χ2n) is 4.49. The maximum absolute atomic E-state index is 12.1. The van der Waals surface area contributed by atoms with E-state index in [1.165, 1.54) is 11.8 Å². The fraction of sp³-hybridized carbons (Fsp3) is 0.750. The van der Waals surface area contributed by atoms with E-state index < -0.39 is 5.54 Å². The topological polar surface area (TPSA) is 69.0 Å². The van der Waals surface area contributed by atoms with Crippen molar-refractivity contribution < 1.29 is 9.53 Å².